The van der Waals surface area contributed by atoms with Gasteiger partial charge in [0.05, 0.1) is 5.69 Å². The molecule has 1 rings (SSSR count). The summed E-state index contributed by atoms with van der Waals surface area (Å²) in [6.45, 7) is 2.98. The van der Waals surface area contributed by atoms with Crippen molar-refractivity contribution in [2.45, 2.75) is 13.5 Å². The molecule has 0 radical (unpaired) electrons. The summed E-state index contributed by atoms with van der Waals surface area (Å²) in [5.74, 6) is -0.447. The molecule has 0 spiro atoms. The van der Waals surface area contributed by atoms with Crippen LogP contribution in [0.3, 0.4) is 0 Å². The second-order valence-electron chi connectivity index (χ2n) is 3.14. The number of aromatic nitrogens is 2. The van der Waals surface area contributed by atoms with E-state index in [0.29, 0.717) is 13.1 Å². The van der Waals surface area contributed by atoms with Gasteiger partial charge in [-0.2, -0.15) is 0 Å². The number of nitrogens with zero attached hydrogens (tertiary/aromatic N) is 2. The maximum absolute atomic E-state index is 10.7. The number of nitrogens with one attached hydrogen (secondary N) is 1. The van der Waals surface area contributed by atoms with E-state index in [4.69, 9.17) is 5.73 Å². The Morgan fingerprint density at radius 3 is 3.07 bits per heavy atom. The summed E-state index contributed by atoms with van der Waals surface area (Å²) >= 11 is 0. The molecule has 5 heteroatoms. The van der Waals surface area contributed by atoms with E-state index in [1.807, 2.05) is 6.07 Å². The molecule has 1 heterocycles. The quantitative estimate of drug-likeness (QED) is 0.673. The predicted octanol–water partition coefficient (Wildman–Crippen LogP) is -0.312. The molecule has 0 saturated heterocycles. The third-order valence-electron chi connectivity index (χ3n) is 1.89. The highest BCUT2D eigenvalue weighted by atomic mass is 16.1. The van der Waals surface area contributed by atoms with Crippen LogP contribution in [-0.2, 0) is 11.3 Å². The average Bonchev–Trinajstić information content (AvgIpc) is 2.19. The van der Waals surface area contributed by atoms with Gasteiger partial charge in [0, 0.05) is 25.2 Å². The van der Waals surface area contributed by atoms with Gasteiger partial charge < -0.3 is 11.1 Å². The van der Waals surface area contributed by atoms with Gasteiger partial charge >= 0.3 is 0 Å². The molecule has 3 N–H and O–H groups in total. The van der Waals surface area contributed by atoms with E-state index < -0.39 is 0 Å². The normalized spacial score (nSPS) is 12.4. The number of rotatable bonds is 5. The molecule has 1 aromatic rings. The molecule has 0 aliphatic rings. The summed E-state index contributed by atoms with van der Waals surface area (Å²) in [6.07, 6.45) is 3.18. The van der Waals surface area contributed by atoms with Crippen molar-refractivity contribution in [1.82, 2.24) is 15.3 Å². The minimum Gasteiger partial charge on any atom is -0.369 e. The van der Waals surface area contributed by atoms with Crippen LogP contribution in [0.25, 0.3) is 0 Å². The van der Waals surface area contributed by atoms with Crippen molar-refractivity contribution in [2.24, 2.45) is 11.7 Å². The zero-order valence-corrected chi connectivity index (χ0v) is 8.10. The third-order valence-corrected chi connectivity index (χ3v) is 1.89. The van der Waals surface area contributed by atoms with Gasteiger partial charge in [0.25, 0.3) is 0 Å². The lowest BCUT2D eigenvalue weighted by Crippen LogP contribution is -2.30. The van der Waals surface area contributed by atoms with Gasteiger partial charge in [0.2, 0.25) is 5.91 Å². The van der Waals surface area contributed by atoms with Crippen molar-refractivity contribution in [3.63, 3.8) is 0 Å². The maximum atomic E-state index is 10.7. The number of carbonyl (C=O) groups is 1. The van der Waals surface area contributed by atoms with Gasteiger partial charge in [-0.25, -0.2) is 9.97 Å². The van der Waals surface area contributed by atoms with E-state index in [1.165, 1.54) is 6.33 Å². The first-order valence-electron chi connectivity index (χ1n) is 4.45. The van der Waals surface area contributed by atoms with E-state index in [2.05, 4.69) is 15.3 Å². The van der Waals surface area contributed by atoms with Gasteiger partial charge in [-0.05, 0) is 6.07 Å². The van der Waals surface area contributed by atoms with Gasteiger partial charge in [-0.15, -0.1) is 0 Å². The Hall–Kier alpha value is -1.49. The van der Waals surface area contributed by atoms with Crippen LogP contribution in [0.15, 0.2) is 18.6 Å². The Kier molecular flexibility index (Phi) is 4.00. The molecule has 0 fully saturated rings. The summed E-state index contributed by atoms with van der Waals surface area (Å²) in [6, 6.07) is 1.82. The zero-order valence-electron chi connectivity index (χ0n) is 8.10. The molecule has 1 aromatic heterocycles. The SMILES string of the molecule is CC(CNCc1ccncn1)C(N)=O. The van der Waals surface area contributed by atoms with Crippen LogP contribution in [0.1, 0.15) is 12.6 Å². The molecule has 0 saturated carbocycles. The molecule has 1 amide bonds. The summed E-state index contributed by atoms with van der Waals surface area (Å²) in [4.78, 5) is 18.5. The molecule has 5 nitrogen and oxygen atoms in total. The highest BCUT2D eigenvalue weighted by molar-refractivity contribution is 5.76. The molecule has 1 atom stereocenters. The second-order valence-corrected chi connectivity index (χ2v) is 3.14. The van der Waals surface area contributed by atoms with Crippen LogP contribution in [0.2, 0.25) is 0 Å². The van der Waals surface area contributed by atoms with Crippen molar-refractivity contribution in [1.29, 1.82) is 0 Å². The largest absolute Gasteiger partial charge is 0.369 e. The van der Waals surface area contributed by atoms with Crippen molar-refractivity contribution < 1.29 is 4.79 Å². The lowest BCUT2D eigenvalue weighted by Gasteiger charge is -2.07. The Morgan fingerprint density at radius 1 is 1.71 bits per heavy atom. The number of hydrogen-bond donors (Lipinski definition) is 2. The fourth-order valence-corrected chi connectivity index (χ4v) is 0.940. The molecule has 0 aromatic carbocycles. The Balaban J connectivity index is 2.26. The number of carbonyl (C=O) groups excluding carboxylic acids is 1. The summed E-state index contributed by atoms with van der Waals surface area (Å²) in [7, 11) is 0. The molecule has 76 valence electrons. The second kappa shape index (κ2) is 5.29. The summed E-state index contributed by atoms with van der Waals surface area (Å²) in [5.41, 5.74) is 6.01. The Bertz CT molecular complexity index is 288. The van der Waals surface area contributed by atoms with E-state index >= 15 is 0 Å². The molecule has 14 heavy (non-hydrogen) atoms. The number of amides is 1. The zero-order chi connectivity index (χ0) is 10.4. The van der Waals surface area contributed by atoms with Gasteiger partial charge in [0.15, 0.2) is 0 Å². The minimum absolute atomic E-state index is 0.156. The van der Waals surface area contributed by atoms with Gasteiger partial charge in [0.1, 0.15) is 6.33 Å². The number of hydrogen-bond acceptors (Lipinski definition) is 4. The topological polar surface area (TPSA) is 80.9 Å². The van der Waals surface area contributed by atoms with Crippen LogP contribution in [0.4, 0.5) is 0 Å². The first-order valence-corrected chi connectivity index (χ1v) is 4.45. The van der Waals surface area contributed by atoms with Crippen LogP contribution in [0.5, 0.6) is 0 Å². The predicted molar refractivity (Wildman–Crippen MR) is 52.1 cm³/mol. The standard InChI is InChI=1S/C9H14N4O/c1-7(9(10)14)4-12-5-8-2-3-11-6-13-8/h2-3,6-7,12H,4-5H2,1H3,(H2,10,14). The van der Waals surface area contributed by atoms with Crippen LogP contribution in [0, 0.1) is 5.92 Å². The average molecular weight is 194 g/mol. The highest BCUT2D eigenvalue weighted by Gasteiger charge is 2.07. The Morgan fingerprint density at radius 2 is 2.50 bits per heavy atom. The summed E-state index contributed by atoms with van der Waals surface area (Å²) in [5, 5.41) is 3.09. The van der Waals surface area contributed by atoms with E-state index in [0.717, 1.165) is 5.69 Å². The van der Waals surface area contributed by atoms with Crippen LogP contribution in [-0.4, -0.2) is 22.4 Å². The lowest BCUT2D eigenvalue weighted by atomic mass is 10.2. The van der Waals surface area contributed by atoms with Crippen LogP contribution < -0.4 is 11.1 Å². The summed E-state index contributed by atoms with van der Waals surface area (Å²) < 4.78 is 0. The Labute approximate surface area is 82.7 Å². The van der Waals surface area contributed by atoms with E-state index in [-0.39, 0.29) is 11.8 Å². The third kappa shape index (κ3) is 3.49. The highest BCUT2D eigenvalue weighted by Crippen LogP contribution is 1.93. The first-order chi connectivity index (χ1) is 6.70. The monoisotopic (exact) mass is 194 g/mol. The molecular formula is C9H14N4O. The molecule has 0 bridgehead atoms. The first kappa shape index (κ1) is 10.6. The van der Waals surface area contributed by atoms with Crippen molar-refractivity contribution in [3.05, 3.63) is 24.3 Å². The smallest absolute Gasteiger partial charge is 0.221 e. The number of nitrogens with two attached hydrogens (primary N) is 1. The fraction of sp³-hybridized carbons (Fsp3) is 0.444. The van der Waals surface area contributed by atoms with Crippen molar-refractivity contribution >= 4 is 5.91 Å². The minimum atomic E-state index is -0.291. The molecular weight excluding hydrogens is 180 g/mol. The molecule has 0 aliphatic heterocycles. The maximum Gasteiger partial charge on any atom is 0.221 e. The van der Waals surface area contributed by atoms with Crippen molar-refractivity contribution in [2.75, 3.05) is 6.54 Å². The lowest BCUT2D eigenvalue weighted by molar-refractivity contribution is -0.121. The van der Waals surface area contributed by atoms with E-state index in [1.54, 1.807) is 13.1 Å². The fourth-order valence-electron chi connectivity index (χ4n) is 0.940. The molecule has 0 aliphatic carbocycles. The molecule has 1 unspecified atom stereocenters. The van der Waals surface area contributed by atoms with Crippen LogP contribution >= 0.6 is 0 Å². The number of primary amides is 1. The van der Waals surface area contributed by atoms with E-state index in [9.17, 15) is 4.79 Å². The van der Waals surface area contributed by atoms with Gasteiger partial charge in [-0.1, -0.05) is 6.92 Å². The van der Waals surface area contributed by atoms with Gasteiger partial charge in [-0.3, -0.25) is 4.79 Å². The van der Waals surface area contributed by atoms with Crippen molar-refractivity contribution in [3.8, 4) is 0 Å².